The van der Waals surface area contributed by atoms with Crippen LogP contribution in [-0.4, -0.2) is 87.5 Å². The molecule has 3 heterocycles. The van der Waals surface area contributed by atoms with Crippen LogP contribution in [0.3, 0.4) is 0 Å². The molecule has 39 heavy (non-hydrogen) atoms. The van der Waals surface area contributed by atoms with Crippen molar-refractivity contribution in [3.05, 3.63) is 52.8 Å². The quantitative estimate of drug-likeness (QED) is 0.456. The highest BCUT2D eigenvalue weighted by Crippen LogP contribution is 2.20. The van der Waals surface area contributed by atoms with E-state index in [0.717, 1.165) is 12.0 Å². The van der Waals surface area contributed by atoms with Crippen LogP contribution < -0.4 is 0 Å². The number of esters is 1. The van der Waals surface area contributed by atoms with Crippen LogP contribution in [0.2, 0.25) is 0 Å². The lowest BCUT2D eigenvalue weighted by Crippen LogP contribution is -2.42. The van der Waals surface area contributed by atoms with E-state index < -0.39 is 0 Å². The highest BCUT2D eigenvalue weighted by molar-refractivity contribution is 5.98. The number of hydrogen-bond acceptors (Lipinski definition) is 6. The lowest BCUT2D eigenvalue weighted by molar-refractivity contribution is -0.151. The fourth-order valence-electron chi connectivity index (χ4n) is 5.18. The van der Waals surface area contributed by atoms with Gasteiger partial charge in [-0.25, -0.2) is 0 Å². The number of ether oxygens (including phenoxy) is 1. The highest BCUT2D eigenvalue weighted by atomic mass is 16.5. The Kier molecular flexibility index (Phi) is 9.37. The standard InChI is InChI=1S/C29H39N5O5/c1-4-31(18-13-26(35)32-16-11-23(12-17-32)29(38)39-5-2)27(36)24-19-25-28(37)33(14-6-15-34(25)30-24)20-22-9-7-21(3)8-10-22/h7-10,19,23H,4-6,11-18,20H2,1-3H3. The minimum absolute atomic E-state index is 0.0360. The van der Waals surface area contributed by atoms with E-state index in [4.69, 9.17) is 4.74 Å². The summed E-state index contributed by atoms with van der Waals surface area (Å²) in [4.78, 5) is 56.6. The molecule has 10 heteroatoms. The second kappa shape index (κ2) is 12.9. The van der Waals surface area contributed by atoms with E-state index >= 15 is 0 Å². The number of aryl methyl sites for hydroxylation is 2. The number of carbonyl (C=O) groups is 4. The average molecular weight is 538 g/mol. The molecular formula is C29H39N5O5. The Balaban J connectivity index is 1.34. The fraction of sp³-hybridized carbons (Fsp3) is 0.552. The normalized spacial score (nSPS) is 16.0. The molecule has 0 unspecified atom stereocenters. The van der Waals surface area contributed by atoms with Crippen LogP contribution in [0.4, 0.5) is 0 Å². The zero-order chi connectivity index (χ0) is 27.9. The van der Waals surface area contributed by atoms with Gasteiger partial charge in [-0.05, 0) is 45.6 Å². The maximum atomic E-state index is 13.3. The van der Waals surface area contributed by atoms with Crippen molar-refractivity contribution in [1.29, 1.82) is 0 Å². The maximum Gasteiger partial charge on any atom is 0.309 e. The Hall–Kier alpha value is -3.69. The van der Waals surface area contributed by atoms with Crippen molar-refractivity contribution < 1.29 is 23.9 Å². The monoisotopic (exact) mass is 537 g/mol. The van der Waals surface area contributed by atoms with Gasteiger partial charge in [-0.15, -0.1) is 0 Å². The Morgan fingerprint density at radius 3 is 2.44 bits per heavy atom. The van der Waals surface area contributed by atoms with Crippen molar-refractivity contribution >= 4 is 23.7 Å². The molecule has 1 fully saturated rings. The van der Waals surface area contributed by atoms with Gasteiger partial charge in [0.15, 0.2) is 5.69 Å². The molecule has 10 nitrogen and oxygen atoms in total. The van der Waals surface area contributed by atoms with Gasteiger partial charge in [0.1, 0.15) is 5.69 Å². The molecule has 0 N–H and O–H groups in total. The van der Waals surface area contributed by atoms with Crippen LogP contribution in [0.1, 0.15) is 71.6 Å². The summed E-state index contributed by atoms with van der Waals surface area (Å²) in [6.45, 7) is 9.45. The minimum atomic E-state index is -0.287. The largest absolute Gasteiger partial charge is 0.466 e. The third kappa shape index (κ3) is 6.85. The van der Waals surface area contributed by atoms with Gasteiger partial charge >= 0.3 is 5.97 Å². The Morgan fingerprint density at radius 1 is 1.05 bits per heavy atom. The molecule has 0 atom stereocenters. The molecule has 0 radical (unpaired) electrons. The number of piperidine rings is 1. The van der Waals surface area contributed by atoms with Gasteiger partial charge in [0.2, 0.25) is 5.91 Å². The number of fused-ring (bicyclic) bond motifs is 1. The number of hydrogen-bond donors (Lipinski definition) is 0. The number of carbonyl (C=O) groups excluding carboxylic acids is 4. The summed E-state index contributed by atoms with van der Waals surface area (Å²) in [5, 5.41) is 4.48. The van der Waals surface area contributed by atoms with Crippen molar-refractivity contribution in [1.82, 2.24) is 24.5 Å². The van der Waals surface area contributed by atoms with E-state index in [0.29, 0.717) is 64.4 Å². The second-order valence-electron chi connectivity index (χ2n) is 10.2. The third-order valence-corrected chi connectivity index (χ3v) is 7.53. The van der Waals surface area contributed by atoms with Crippen LogP contribution in [-0.2, 0) is 27.4 Å². The van der Waals surface area contributed by atoms with Crippen LogP contribution in [0.15, 0.2) is 30.3 Å². The van der Waals surface area contributed by atoms with E-state index in [1.807, 2.05) is 38.1 Å². The van der Waals surface area contributed by atoms with Gasteiger partial charge in [0.05, 0.1) is 12.5 Å². The first kappa shape index (κ1) is 28.3. The average Bonchev–Trinajstić information content (AvgIpc) is 3.31. The zero-order valence-corrected chi connectivity index (χ0v) is 23.2. The Labute approximate surface area is 229 Å². The van der Waals surface area contributed by atoms with E-state index in [9.17, 15) is 19.2 Å². The lowest BCUT2D eigenvalue weighted by atomic mass is 9.97. The molecule has 1 saturated heterocycles. The molecule has 4 rings (SSSR count). The first-order valence-electron chi connectivity index (χ1n) is 14.0. The van der Waals surface area contributed by atoms with E-state index in [2.05, 4.69) is 5.10 Å². The molecule has 2 aromatic rings. The summed E-state index contributed by atoms with van der Waals surface area (Å²) in [5.74, 6) is -0.808. The molecule has 210 valence electrons. The molecule has 1 aromatic carbocycles. The first-order valence-corrected chi connectivity index (χ1v) is 14.0. The fourth-order valence-corrected chi connectivity index (χ4v) is 5.18. The Morgan fingerprint density at radius 2 is 1.77 bits per heavy atom. The maximum absolute atomic E-state index is 13.3. The number of likely N-dealkylation sites (tertiary alicyclic amines) is 1. The van der Waals surface area contributed by atoms with Crippen LogP contribution in [0, 0.1) is 12.8 Å². The van der Waals surface area contributed by atoms with Gasteiger partial charge in [-0.3, -0.25) is 23.9 Å². The van der Waals surface area contributed by atoms with E-state index in [-0.39, 0.29) is 48.3 Å². The van der Waals surface area contributed by atoms with E-state index in [1.54, 1.807) is 32.4 Å². The lowest BCUT2D eigenvalue weighted by Gasteiger charge is -2.31. The van der Waals surface area contributed by atoms with Gasteiger partial charge in [0, 0.05) is 58.3 Å². The number of benzene rings is 1. The van der Waals surface area contributed by atoms with Gasteiger partial charge in [-0.2, -0.15) is 5.10 Å². The van der Waals surface area contributed by atoms with Gasteiger partial charge in [0.25, 0.3) is 11.8 Å². The van der Waals surface area contributed by atoms with Crippen LogP contribution in [0.5, 0.6) is 0 Å². The molecule has 3 amide bonds. The Bertz CT molecular complexity index is 1180. The number of nitrogens with zero attached hydrogens (tertiary/aromatic N) is 5. The zero-order valence-electron chi connectivity index (χ0n) is 23.2. The molecule has 0 aliphatic carbocycles. The van der Waals surface area contributed by atoms with Crippen molar-refractivity contribution in [3.63, 3.8) is 0 Å². The number of amides is 3. The van der Waals surface area contributed by atoms with Gasteiger partial charge in [-0.1, -0.05) is 29.8 Å². The molecule has 1 aromatic heterocycles. The summed E-state index contributed by atoms with van der Waals surface area (Å²) in [6, 6.07) is 9.72. The van der Waals surface area contributed by atoms with Crippen molar-refractivity contribution in [2.45, 2.75) is 59.5 Å². The SMILES string of the molecule is CCOC(=O)C1CCN(C(=O)CCN(CC)C(=O)c2cc3n(n2)CCCN(Cc2ccc(C)cc2)C3=O)CC1. The summed E-state index contributed by atoms with van der Waals surface area (Å²) in [7, 11) is 0. The molecular weight excluding hydrogens is 498 g/mol. The topological polar surface area (TPSA) is 105 Å². The highest BCUT2D eigenvalue weighted by Gasteiger charge is 2.30. The van der Waals surface area contributed by atoms with Crippen LogP contribution in [0.25, 0.3) is 0 Å². The summed E-state index contributed by atoms with van der Waals surface area (Å²) < 4.78 is 6.74. The summed E-state index contributed by atoms with van der Waals surface area (Å²) in [5.41, 5.74) is 2.87. The second-order valence-corrected chi connectivity index (χ2v) is 10.2. The predicted molar refractivity (Wildman–Crippen MR) is 145 cm³/mol. The molecule has 2 aliphatic rings. The summed E-state index contributed by atoms with van der Waals surface area (Å²) >= 11 is 0. The summed E-state index contributed by atoms with van der Waals surface area (Å²) in [6.07, 6.45) is 2.13. The first-order chi connectivity index (χ1) is 18.8. The molecule has 2 aliphatic heterocycles. The third-order valence-electron chi connectivity index (χ3n) is 7.53. The minimum Gasteiger partial charge on any atom is -0.466 e. The molecule has 0 saturated carbocycles. The van der Waals surface area contributed by atoms with E-state index in [1.165, 1.54) is 5.56 Å². The predicted octanol–water partition coefficient (Wildman–Crippen LogP) is 2.89. The van der Waals surface area contributed by atoms with Crippen molar-refractivity contribution in [3.8, 4) is 0 Å². The molecule has 0 spiro atoms. The van der Waals surface area contributed by atoms with Crippen molar-refractivity contribution in [2.24, 2.45) is 5.92 Å². The van der Waals surface area contributed by atoms with Crippen LogP contribution >= 0.6 is 0 Å². The number of rotatable bonds is 9. The molecule has 0 bridgehead atoms. The smallest absolute Gasteiger partial charge is 0.309 e. The number of aromatic nitrogens is 2. The van der Waals surface area contributed by atoms with Gasteiger partial charge < -0.3 is 19.4 Å². The van der Waals surface area contributed by atoms with Crippen molar-refractivity contribution in [2.75, 3.05) is 39.3 Å².